The third-order valence-corrected chi connectivity index (χ3v) is 7.55. The van der Waals surface area contributed by atoms with Gasteiger partial charge in [0.25, 0.3) is 0 Å². The SMILES string of the molecule is CCNC(=NCCS(=O)C(C)(C)C)NC1CCN(S(=O)(=O)C(F)(F)F)CC1.I. The summed E-state index contributed by atoms with van der Waals surface area (Å²) < 4.78 is 72.9. The first-order valence-corrected chi connectivity index (χ1v) is 11.5. The average Bonchev–Trinajstić information content (AvgIpc) is 2.53. The molecule has 0 bridgehead atoms. The second-order valence-corrected chi connectivity index (χ2v) is 11.4. The highest BCUT2D eigenvalue weighted by Crippen LogP contribution is 2.28. The fourth-order valence-electron chi connectivity index (χ4n) is 2.45. The van der Waals surface area contributed by atoms with Crippen molar-refractivity contribution < 1.29 is 25.8 Å². The first-order chi connectivity index (χ1) is 12.3. The Hall–Kier alpha value is -0.150. The van der Waals surface area contributed by atoms with Crippen molar-refractivity contribution in [3.05, 3.63) is 0 Å². The molecular formula is C15H30F3IN4O3S2. The Labute approximate surface area is 184 Å². The normalized spacial score (nSPS) is 19.0. The van der Waals surface area contributed by atoms with Gasteiger partial charge < -0.3 is 10.6 Å². The number of halogens is 4. The number of alkyl halides is 3. The van der Waals surface area contributed by atoms with Crippen molar-refractivity contribution in [2.75, 3.05) is 31.9 Å². The summed E-state index contributed by atoms with van der Waals surface area (Å²) >= 11 is 0. The summed E-state index contributed by atoms with van der Waals surface area (Å²) in [6.07, 6.45) is 0.487. The summed E-state index contributed by atoms with van der Waals surface area (Å²) in [5.41, 5.74) is -5.27. The highest BCUT2D eigenvalue weighted by molar-refractivity contribution is 14.0. The number of aliphatic imine (C=N–C) groups is 1. The standard InChI is InChI=1S/C15H29F3N4O3S2.HI/c1-5-19-13(20-8-11-26(23)14(2,3)4)21-12-6-9-22(10-7-12)27(24,25)15(16,17)18;/h12H,5-11H2,1-4H3,(H2,19,20,21);1H. The molecule has 7 nitrogen and oxygen atoms in total. The van der Waals surface area contributed by atoms with E-state index in [0.717, 1.165) is 0 Å². The molecule has 0 aliphatic carbocycles. The zero-order chi connectivity index (χ0) is 20.9. The fraction of sp³-hybridized carbons (Fsp3) is 0.933. The Morgan fingerprint density at radius 1 is 1.21 bits per heavy atom. The summed E-state index contributed by atoms with van der Waals surface area (Å²) in [7, 11) is -6.30. The zero-order valence-corrected chi connectivity index (χ0v) is 20.5. The lowest BCUT2D eigenvalue weighted by Crippen LogP contribution is -2.51. The molecule has 1 aliphatic heterocycles. The van der Waals surface area contributed by atoms with Crippen LogP contribution in [0.2, 0.25) is 0 Å². The van der Waals surface area contributed by atoms with Crippen LogP contribution >= 0.6 is 24.0 Å². The molecule has 1 rings (SSSR count). The van der Waals surface area contributed by atoms with Gasteiger partial charge in [-0.3, -0.25) is 9.20 Å². The van der Waals surface area contributed by atoms with Crippen LogP contribution in [-0.2, 0) is 20.8 Å². The molecule has 0 amide bonds. The smallest absolute Gasteiger partial charge is 0.357 e. The second-order valence-electron chi connectivity index (χ2n) is 7.19. The molecule has 13 heteroatoms. The van der Waals surface area contributed by atoms with Crippen molar-refractivity contribution in [3.63, 3.8) is 0 Å². The molecule has 0 aromatic rings. The van der Waals surface area contributed by atoms with E-state index in [4.69, 9.17) is 0 Å². The number of hydrogen-bond acceptors (Lipinski definition) is 4. The zero-order valence-electron chi connectivity index (χ0n) is 16.5. The van der Waals surface area contributed by atoms with Crippen molar-refractivity contribution in [3.8, 4) is 0 Å². The minimum absolute atomic E-state index is 0. The maximum atomic E-state index is 12.6. The van der Waals surface area contributed by atoms with Crippen LogP contribution in [0.5, 0.6) is 0 Å². The molecule has 1 heterocycles. The summed E-state index contributed by atoms with van der Waals surface area (Å²) in [5, 5.41) is 6.15. The van der Waals surface area contributed by atoms with Crippen LogP contribution < -0.4 is 10.6 Å². The summed E-state index contributed by atoms with van der Waals surface area (Å²) in [6, 6.07) is -0.185. The largest absolute Gasteiger partial charge is 0.511 e. The van der Waals surface area contributed by atoms with Crippen molar-refractivity contribution in [2.24, 2.45) is 4.99 Å². The lowest BCUT2D eigenvalue weighted by Gasteiger charge is -2.32. The van der Waals surface area contributed by atoms with Crippen LogP contribution in [0.4, 0.5) is 13.2 Å². The van der Waals surface area contributed by atoms with Gasteiger partial charge in [0, 0.05) is 47.0 Å². The first kappa shape index (κ1) is 27.8. The molecule has 2 N–H and O–H groups in total. The Morgan fingerprint density at radius 3 is 2.18 bits per heavy atom. The van der Waals surface area contributed by atoms with Gasteiger partial charge in [0.2, 0.25) is 0 Å². The van der Waals surface area contributed by atoms with Crippen LogP contribution in [0.25, 0.3) is 0 Å². The van der Waals surface area contributed by atoms with E-state index in [1.165, 1.54) is 0 Å². The molecule has 28 heavy (non-hydrogen) atoms. The van der Waals surface area contributed by atoms with Gasteiger partial charge in [-0.2, -0.15) is 17.5 Å². The van der Waals surface area contributed by atoms with Crippen molar-refractivity contribution in [1.82, 2.24) is 14.9 Å². The molecule has 1 unspecified atom stereocenters. The highest BCUT2D eigenvalue weighted by Gasteiger charge is 2.50. The Balaban J connectivity index is 0.00000729. The van der Waals surface area contributed by atoms with E-state index in [0.29, 0.717) is 29.1 Å². The van der Waals surface area contributed by atoms with Crippen LogP contribution in [0.15, 0.2) is 4.99 Å². The van der Waals surface area contributed by atoms with Gasteiger partial charge in [-0.05, 0) is 40.5 Å². The molecule has 0 radical (unpaired) electrons. The van der Waals surface area contributed by atoms with Crippen LogP contribution in [0.1, 0.15) is 40.5 Å². The number of nitrogens with zero attached hydrogens (tertiary/aromatic N) is 2. The van der Waals surface area contributed by atoms with Gasteiger partial charge in [0.05, 0.1) is 6.54 Å². The monoisotopic (exact) mass is 562 g/mol. The van der Waals surface area contributed by atoms with Gasteiger partial charge >= 0.3 is 15.5 Å². The number of hydrogen-bond donors (Lipinski definition) is 2. The first-order valence-electron chi connectivity index (χ1n) is 8.78. The Morgan fingerprint density at radius 2 is 1.75 bits per heavy atom. The van der Waals surface area contributed by atoms with Gasteiger partial charge in [-0.15, -0.1) is 24.0 Å². The molecular weight excluding hydrogens is 532 g/mol. The fourth-order valence-corrected chi connectivity index (χ4v) is 4.30. The highest BCUT2D eigenvalue weighted by atomic mass is 127. The molecule has 0 aromatic heterocycles. The van der Waals surface area contributed by atoms with Crippen molar-refractivity contribution in [1.29, 1.82) is 0 Å². The third-order valence-electron chi connectivity index (χ3n) is 4.00. The van der Waals surface area contributed by atoms with E-state index in [1.54, 1.807) is 0 Å². The lowest BCUT2D eigenvalue weighted by molar-refractivity contribution is -0.0494. The number of sulfonamides is 1. The Bertz CT molecular complexity index is 644. The summed E-state index contributed by atoms with van der Waals surface area (Å²) in [5.74, 6) is 0.892. The Kier molecular flexibility index (Phi) is 11.2. The van der Waals surface area contributed by atoms with E-state index in [2.05, 4.69) is 15.6 Å². The topological polar surface area (TPSA) is 90.9 Å². The number of piperidine rings is 1. The van der Waals surface area contributed by atoms with Crippen molar-refractivity contribution >= 4 is 50.8 Å². The van der Waals surface area contributed by atoms with Crippen LogP contribution in [-0.4, -0.2) is 71.1 Å². The van der Waals surface area contributed by atoms with Gasteiger partial charge in [0.15, 0.2) is 5.96 Å². The minimum atomic E-state index is -5.27. The van der Waals surface area contributed by atoms with E-state index in [-0.39, 0.29) is 60.7 Å². The van der Waals surface area contributed by atoms with Gasteiger partial charge in [-0.1, -0.05) is 0 Å². The molecule has 1 fully saturated rings. The predicted octanol–water partition coefficient (Wildman–Crippen LogP) is 2.02. The molecule has 168 valence electrons. The predicted molar refractivity (Wildman–Crippen MR) is 117 cm³/mol. The van der Waals surface area contributed by atoms with E-state index >= 15 is 0 Å². The summed E-state index contributed by atoms with van der Waals surface area (Å²) in [4.78, 5) is 4.36. The maximum absolute atomic E-state index is 12.6. The van der Waals surface area contributed by atoms with Gasteiger partial charge in [0.1, 0.15) is 0 Å². The molecule has 0 aromatic carbocycles. The maximum Gasteiger partial charge on any atom is 0.511 e. The van der Waals surface area contributed by atoms with Crippen LogP contribution in [0.3, 0.4) is 0 Å². The summed E-state index contributed by atoms with van der Waals surface area (Å²) in [6.45, 7) is 8.08. The van der Waals surface area contributed by atoms with E-state index in [9.17, 15) is 25.8 Å². The quantitative estimate of drug-likeness (QED) is 0.294. The second kappa shape index (κ2) is 11.3. The number of rotatable bonds is 6. The van der Waals surface area contributed by atoms with E-state index in [1.807, 2.05) is 27.7 Å². The lowest BCUT2D eigenvalue weighted by atomic mass is 10.1. The number of nitrogens with one attached hydrogen (secondary N) is 2. The van der Waals surface area contributed by atoms with Crippen molar-refractivity contribution in [2.45, 2.75) is 56.8 Å². The average molecular weight is 562 g/mol. The molecule has 0 saturated carbocycles. The van der Waals surface area contributed by atoms with Crippen LogP contribution in [0, 0.1) is 0 Å². The van der Waals surface area contributed by atoms with E-state index < -0.39 is 26.3 Å². The molecule has 1 atom stereocenters. The molecule has 1 saturated heterocycles. The van der Waals surface area contributed by atoms with Gasteiger partial charge in [-0.25, -0.2) is 8.42 Å². The number of guanidine groups is 1. The molecule has 0 spiro atoms. The minimum Gasteiger partial charge on any atom is -0.357 e. The third kappa shape index (κ3) is 8.30. The molecule has 1 aliphatic rings.